The SMILES string of the molecule is Cc1cccc(C=Cc2cccc(NC(=O)CCC(=O)O)c2)n1. The fourth-order valence-corrected chi connectivity index (χ4v) is 2.00. The number of hydrogen-bond donors (Lipinski definition) is 2. The second kappa shape index (κ2) is 7.89. The molecular formula is C18H18N2O3. The fourth-order valence-electron chi connectivity index (χ4n) is 2.00. The maximum absolute atomic E-state index is 11.6. The summed E-state index contributed by atoms with van der Waals surface area (Å²) in [5, 5.41) is 11.3. The van der Waals surface area contributed by atoms with Crippen LogP contribution in [0, 0.1) is 6.92 Å². The number of aromatic nitrogens is 1. The third-order valence-corrected chi connectivity index (χ3v) is 3.09. The number of amides is 1. The van der Waals surface area contributed by atoms with Crippen LogP contribution in [0.2, 0.25) is 0 Å². The Hall–Kier alpha value is -2.95. The van der Waals surface area contributed by atoms with Crippen molar-refractivity contribution in [3.63, 3.8) is 0 Å². The zero-order chi connectivity index (χ0) is 16.7. The number of hydrogen-bond acceptors (Lipinski definition) is 3. The molecule has 0 aliphatic carbocycles. The first kappa shape index (κ1) is 16.4. The molecular weight excluding hydrogens is 292 g/mol. The van der Waals surface area contributed by atoms with E-state index >= 15 is 0 Å². The van der Waals surface area contributed by atoms with E-state index in [1.54, 1.807) is 6.07 Å². The molecule has 2 N–H and O–H groups in total. The van der Waals surface area contributed by atoms with Crippen LogP contribution in [-0.4, -0.2) is 22.0 Å². The van der Waals surface area contributed by atoms with Gasteiger partial charge in [0.05, 0.1) is 12.1 Å². The fraction of sp³-hybridized carbons (Fsp3) is 0.167. The van der Waals surface area contributed by atoms with Crippen LogP contribution in [0.3, 0.4) is 0 Å². The highest BCUT2D eigenvalue weighted by Crippen LogP contribution is 2.14. The summed E-state index contributed by atoms with van der Waals surface area (Å²) in [7, 11) is 0. The van der Waals surface area contributed by atoms with Crippen LogP contribution >= 0.6 is 0 Å². The van der Waals surface area contributed by atoms with Crippen LogP contribution in [0.15, 0.2) is 42.5 Å². The Morgan fingerprint density at radius 3 is 2.65 bits per heavy atom. The molecule has 0 saturated carbocycles. The second-order valence-electron chi connectivity index (χ2n) is 5.10. The highest BCUT2D eigenvalue weighted by atomic mass is 16.4. The average molecular weight is 310 g/mol. The number of carbonyl (C=O) groups excluding carboxylic acids is 1. The maximum Gasteiger partial charge on any atom is 0.303 e. The smallest absolute Gasteiger partial charge is 0.303 e. The Morgan fingerprint density at radius 2 is 1.91 bits per heavy atom. The van der Waals surface area contributed by atoms with Gasteiger partial charge in [-0.2, -0.15) is 0 Å². The number of carbonyl (C=O) groups is 2. The van der Waals surface area contributed by atoms with Gasteiger partial charge in [-0.1, -0.05) is 24.3 Å². The van der Waals surface area contributed by atoms with Crippen molar-refractivity contribution < 1.29 is 14.7 Å². The van der Waals surface area contributed by atoms with Gasteiger partial charge in [0.2, 0.25) is 5.91 Å². The number of benzene rings is 1. The van der Waals surface area contributed by atoms with Gasteiger partial charge in [-0.15, -0.1) is 0 Å². The van der Waals surface area contributed by atoms with Gasteiger partial charge < -0.3 is 10.4 Å². The minimum absolute atomic E-state index is 0.0391. The highest BCUT2D eigenvalue weighted by molar-refractivity contribution is 5.92. The van der Waals surface area contributed by atoms with Crippen LogP contribution in [0.25, 0.3) is 12.2 Å². The highest BCUT2D eigenvalue weighted by Gasteiger charge is 2.05. The molecule has 2 aromatic rings. The molecule has 0 atom stereocenters. The normalized spacial score (nSPS) is 10.7. The van der Waals surface area contributed by atoms with Crippen LogP contribution in [-0.2, 0) is 9.59 Å². The van der Waals surface area contributed by atoms with Gasteiger partial charge in [0, 0.05) is 17.8 Å². The number of rotatable bonds is 6. The summed E-state index contributed by atoms with van der Waals surface area (Å²) < 4.78 is 0. The summed E-state index contributed by atoms with van der Waals surface area (Å²) in [6.07, 6.45) is 3.60. The summed E-state index contributed by atoms with van der Waals surface area (Å²) in [6.45, 7) is 1.94. The number of pyridine rings is 1. The van der Waals surface area contributed by atoms with Crippen molar-refractivity contribution >= 4 is 29.7 Å². The molecule has 0 radical (unpaired) electrons. The summed E-state index contributed by atoms with van der Waals surface area (Å²) in [5.41, 5.74) is 3.37. The van der Waals surface area contributed by atoms with Crippen LogP contribution in [0.4, 0.5) is 5.69 Å². The molecule has 23 heavy (non-hydrogen) atoms. The van der Waals surface area contributed by atoms with Crippen molar-refractivity contribution in [3.8, 4) is 0 Å². The molecule has 0 bridgehead atoms. The van der Waals surface area contributed by atoms with Gasteiger partial charge in [0.25, 0.3) is 0 Å². The number of aryl methyl sites for hydroxylation is 1. The van der Waals surface area contributed by atoms with Crippen LogP contribution in [0.1, 0.15) is 29.8 Å². The molecule has 1 amide bonds. The molecule has 1 aromatic carbocycles. The molecule has 0 aliphatic heterocycles. The number of nitrogens with one attached hydrogen (secondary N) is 1. The van der Waals surface area contributed by atoms with Crippen molar-refractivity contribution in [2.45, 2.75) is 19.8 Å². The van der Waals surface area contributed by atoms with E-state index in [-0.39, 0.29) is 18.7 Å². The first-order valence-electron chi connectivity index (χ1n) is 7.26. The summed E-state index contributed by atoms with van der Waals surface area (Å²) in [6, 6.07) is 13.1. The first-order valence-corrected chi connectivity index (χ1v) is 7.26. The molecule has 5 nitrogen and oxygen atoms in total. The Balaban J connectivity index is 2.02. The summed E-state index contributed by atoms with van der Waals surface area (Å²) >= 11 is 0. The van der Waals surface area contributed by atoms with E-state index in [1.807, 2.05) is 55.5 Å². The molecule has 0 saturated heterocycles. The minimum atomic E-state index is -0.984. The largest absolute Gasteiger partial charge is 0.481 e. The van der Waals surface area contributed by atoms with Gasteiger partial charge in [-0.05, 0) is 42.8 Å². The Kier molecular flexibility index (Phi) is 5.63. The molecule has 1 heterocycles. The van der Waals surface area contributed by atoms with Gasteiger partial charge in [-0.3, -0.25) is 14.6 Å². The molecule has 2 rings (SSSR count). The quantitative estimate of drug-likeness (QED) is 0.857. The predicted molar refractivity (Wildman–Crippen MR) is 89.8 cm³/mol. The van der Waals surface area contributed by atoms with E-state index in [0.29, 0.717) is 5.69 Å². The lowest BCUT2D eigenvalue weighted by Gasteiger charge is -2.05. The Bertz CT molecular complexity index is 739. The number of carboxylic acid groups (broad SMARTS) is 1. The molecule has 5 heteroatoms. The lowest BCUT2D eigenvalue weighted by atomic mass is 10.1. The Morgan fingerprint density at radius 1 is 1.13 bits per heavy atom. The van der Waals surface area contributed by atoms with Gasteiger partial charge in [-0.25, -0.2) is 0 Å². The van der Waals surface area contributed by atoms with Crippen molar-refractivity contribution in [1.29, 1.82) is 0 Å². The zero-order valence-corrected chi connectivity index (χ0v) is 12.8. The summed E-state index contributed by atoms with van der Waals surface area (Å²) in [5.74, 6) is -1.30. The standard InChI is InChI=1S/C18H18N2O3/c1-13-4-2-6-15(19-13)9-8-14-5-3-7-16(12-14)20-17(21)10-11-18(22)23/h2-9,12H,10-11H2,1H3,(H,20,21)(H,22,23). The third-order valence-electron chi connectivity index (χ3n) is 3.09. The van der Waals surface area contributed by atoms with Gasteiger partial charge in [0.1, 0.15) is 0 Å². The summed E-state index contributed by atoms with van der Waals surface area (Å²) in [4.78, 5) is 26.5. The number of aliphatic carboxylic acids is 1. The molecule has 118 valence electrons. The average Bonchev–Trinajstić information content (AvgIpc) is 2.51. The molecule has 0 aliphatic rings. The van der Waals surface area contributed by atoms with Crippen molar-refractivity contribution in [3.05, 3.63) is 59.4 Å². The first-order chi connectivity index (χ1) is 11.0. The van der Waals surface area contributed by atoms with E-state index in [0.717, 1.165) is 17.0 Å². The number of carboxylic acids is 1. The molecule has 0 fully saturated rings. The zero-order valence-electron chi connectivity index (χ0n) is 12.8. The van der Waals surface area contributed by atoms with Crippen LogP contribution < -0.4 is 5.32 Å². The predicted octanol–water partition coefficient (Wildman–Crippen LogP) is 3.36. The lowest BCUT2D eigenvalue weighted by molar-refractivity contribution is -0.138. The van der Waals surface area contributed by atoms with E-state index in [4.69, 9.17) is 5.11 Å². The van der Waals surface area contributed by atoms with E-state index in [1.165, 1.54) is 0 Å². The monoisotopic (exact) mass is 310 g/mol. The lowest BCUT2D eigenvalue weighted by Crippen LogP contribution is -2.13. The van der Waals surface area contributed by atoms with Gasteiger partial charge >= 0.3 is 5.97 Å². The van der Waals surface area contributed by atoms with E-state index in [9.17, 15) is 9.59 Å². The molecule has 0 unspecified atom stereocenters. The topological polar surface area (TPSA) is 79.3 Å². The van der Waals surface area contributed by atoms with Gasteiger partial charge in [0.15, 0.2) is 0 Å². The van der Waals surface area contributed by atoms with E-state index in [2.05, 4.69) is 10.3 Å². The molecule has 0 spiro atoms. The molecule has 1 aromatic heterocycles. The maximum atomic E-state index is 11.6. The minimum Gasteiger partial charge on any atom is -0.481 e. The number of nitrogens with zero attached hydrogens (tertiary/aromatic N) is 1. The number of anilines is 1. The van der Waals surface area contributed by atoms with Crippen molar-refractivity contribution in [2.24, 2.45) is 0 Å². The third kappa shape index (κ3) is 5.74. The second-order valence-corrected chi connectivity index (χ2v) is 5.10. The Labute approximate surface area is 134 Å². The van der Waals surface area contributed by atoms with E-state index < -0.39 is 5.97 Å². The van der Waals surface area contributed by atoms with Crippen LogP contribution in [0.5, 0.6) is 0 Å². The van der Waals surface area contributed by atoms with Crippen molar-refractivity contribution in [1.82, 2.24) is 4.98 Å². The van der Waals surface area contributed by atoms with Crippen molar-refractivity contribution in [2.75, 3.05) is 5.32 Å².